The topological polar surface area (TPSA) is 92.5 Å². The van der Waals surface area contributed by atoms with Gasteiger partial charge in [0.25, 0.3) is 0 Å². The van der Waals surface area contributed by atoms with Gasteiger partial charge in [-0.15, -0.1) is 11.3 Å². The number of aromatic hydroxyl groups is 1. The van der Waals surface area contributed by atoms with Crippen LogP contribution in [0.1, 0.15) is 22.9 Å². The van der Waals surface area contributed by atoms with Gasteiger partial charge in [-0.25, -0.2) is 14.8 Å². The second-order valence-corrected chi connectivity index (χ2v) is 8.78. The van der Waals surface area contributed by atoms with E-state index < -0.39 is 12.1 Å². The summed E-state index contributed by atoms with van der Waals surface area (Å²) in [5, 5.41) is 20.7. The Balaban J connectivity index is 1.85. The molecular weight excluding hydrogens is 448 g/mol. The molecule has 2 heterocycles. The fraction of sp³-hybridized carbons (Fsp3) is 0.208. The van der Waals surface area contributed by atoms with Gasteiger partial charge in [0.1, 0.15) is 16.9 Å². The maximum absolute atomic E-state index is 12.0. The highest BCUT2D eigenvalue weighted by Crippen LogP contribution is 2.45. The molecule has 0 aliphatic carbocycles. The molecule has 32 heavy (non-hydrogen) atoms. The third-order valence-corrected chi connectivity index (χ3v) is 7.00. The number of thiophene rings is 1. The van der Waals surface area contributed by atoms with Crippen molar-refractivity contribution in [1.29, 1.82) is 0 Å². The molecular formula is C24H21ClN2O4S. The molecule has 6 nitrogen and oxygen atoms in total. The number of ether oxygens (including phenoxy) is 1. The fourth-order valence-corrected chi connectivity index (χ4v) is 4.91. The quantitative estimate of drug-likeness (QED) is 0.363. The highest BCUT2D eigenvalue weighted by Gasteiger charge is 2.26. The molecule has 164 valence electrons. The van der Waals surface area contributed by atoms with Crippen LogP contribution in [0.25, 0.3) is 21.3 Å². The minimum absolute atomic E-state index is 0.00651. The molecule has 8 heteroatoms. The Morgan fingerprint density at radius 2 is 1.94 bits per heavy atom. The van der Waals surface area contributed by atoms with Gasteiger partial charge in [0.05, 0.1) is 10.4 Å². The summed E-state index contributed by atoms with van der Waals surface area (Å²) in [6.07, 6.45) is 1.21. The summed E-state index contributed by atoms with van der Waals surface area (Å²) in [4.78, 5) is 22.4. The molecule has 2 aromatic carbocycles. The maximum atomic E-state index is 12.0. The number of carboxylic acid groups (broad SMARTS) is 1. The van der Waals surface area contributed by atoms with Crippen molar-refractivity contribution in [2.45, 2.75) is 32.8 Å². The molecule has 0 aliphatic rings. The van der Waals surface area contributed by atoms with Crippen molar-refractivity contribution < 1.29 is 19.7 Å². The van der Waals surface area contributed by atoms with Gasteiger partial charge in [-0.3, -0.25) is 0 Å². The van der Waals surface area contributed by atoms with Crippen LogP contribution < -0.4 is 4.74 Å². The third kappa shape index (κ3) is 4.13. The average molecular weight is 469 g/mol. The van der Waals surface area contributed by atoms with Crippen molar-refractivity contribution in [2.75, 3.05) is 0 Å². The van der Waals surface area contributed by atoms with Crippen LogP contribution in [0.5, 0.6) is 11.6 Å². The van der Waals surface area contributed by atoms with Gasteiger partial charge in [-0.2, -0.15) is 0 Å². The van der Waals surface area contributed by atoms with Crippen LogP contribution >= 0.6 is 22.9 Å². The first kappa shape index (κ1) is 22.0. The number of fused-ring (bicyclic) bond motifs is 1. The number of aromatic nitrogens is 2. The number of hydrogen-bond acceptors (Lipinski definition) is 6. The SMILES string of the molecule is CCc1sc2ncnc(OC(Cc3ccccc3)C(=O)O)c2c1-c1ccc(O)c(Cl)c1C. The van der Waals surface area contributed by atoms with Crippen LogP contribution in [0, 0.1) is 6.92 Å². The van der Waals surface area contributed by atoms with E-state index in [1.165, 1.54) is 17.7 Å². The monoisotopic (exact) mass is 468 g/mol. The van der Waals surface area contributed by atoms with E-state index in [2.05, 4.69) is 9.97 Å². The molecule has 1 unspecified atom stereocenters. The van der Waals surface area contributed by atoms with Crippen molar-refractivity contribution >= 4 is 39.1 Å². The number of aliphatic carboxylic acids is 1. The molecule has 0 bridgehead atoms. The standard InChI is InChI=1S/C24H21ClN2O4S/c1-3-18-19(15-9-10-16(28)21(25)13(15)2)20-22(26-12-27-23(20)32-18)31-17(24(29)30)11-14-7-5-4-6-8-14/h4-10,12,17,28H,3,11H2,1-2H3,(H,29,30). The number of halogens is 1. The van der Waals surface area contributed by atoms with Gasteiger partial charge < -0.3 is 14.9 Å². The molecule has 2 aromatic heterocycles. The van der Waals surface area contributed by atoms with E-state index in [-0.39, 0.29) is 23.1 Å². The van der Waals surface area contributed by atoms with E-state index in [1.807, 2.05) is 44.2 Å². The van der Waals surface area contributed by atoms with Crippen LogP contribution in [-0.2, 0) is 17.6 Å². The number of nitrogens with zero attached hydrogens (tertiary/aromatic N) is 2. The Morgan fingerprint density at radius 3 is 2.62 bits per heavy atom. The number of aryl methyl sites for hydroxylation is 1. The Morgan fingerprint density at radius 1 is 1.19 bits per heavy atom. The van der Waals surface area contributed by atoms with Crippen molar-refractivity contribution in [3.63, 3.8) is 0 Å². The first-order valence-corrected chi connectivity index (χ1v) is 11.3. The van der Waals surface area contributed by atoms with Gasteiger partial charge in [0, 0.05) is 16.9 Å². The summed E-state index contributed by atoms with van der Waals surface area (Å²) in [7, 11) is 0. The van der Waals surface area contributed by atoms with Crippen LogP contribution in [0.4, 0.5) is 0 Å². The number of rotatable bonds is 7. The molecule has 4 aromatic rings. The van der Waals surface area contributed by atoms with Crippen molar-refractivity contribution in [3.8, 4) is 22.8 Å². The molecule has 0 fully saturated rings. The predicted octanol–water partition coefficient (Wildman–Crippen LogP) is 5.66. The number of carboxylic acids is 1. The molecule has 1 atom stereocenters. The summed E-state index contributed by atoms with van der Waals surface area (Å²) in [6.45, 7) is 3.87. The Hall–Kier alpha value is -3.16. The summed E-state index contributed by atoms with van der Waals surface area (Å²) in [5.74, 6) is -0.850. The van der Waals surface area contributed by atoms with Crippen LogP contribution in [0.15, 0.2) is 48.8 Å². The summed E-state index contributed by atoms with van der Waals surface area (Å²) in [6, 6.07) is 12.7. The predicted molar refractivity (Wildman–Crippen MR) is 126 cm³/mol. The van der Waals surface area contributed by atoms with Gasteiger partial charge in [0.15, 0.2) is 0 Å². The third-order valence-electron chi connectivity index (χ3n) is 5.28. The number of hydrogen-bond donors (Lipinski definition) is 2. The lowest BCUT2D eigenvalue weighted by atomic mass is 9.97. The van der Waals surface area contributed by atoms with Crippen LogP contribution in [-0.4, -0.2) is 32.3 Å². The molecule has 0 amide bonds. The first-order chi connectivity index (χ1) is 15.4. The highest BCUT2D eigenvalue weighted by molar-refractivity contribution is 7.19. The Kier molecular flexibility index (Phi) is 6.30. The van der Waals surface area contributed by atoms with Crippen molar-refractivity contribution in [1.82, 2.24) is 9.97 Å². The molecule has 4 rings (SSSR count). The molecule has 0 saturated heterocycles. The molecule has 0 radical (unpaired) electrons. The number of carbonyl (C=O) groups is 1. The van der Waals surface area contributed by atoms with E-state index in [0.29, 0.717) is 10.2 Å². The number of benzene rings is 2. The minimum Gasteiger partial charge on any atom is -0.506 e. The van der Waals surface area contributed by atoms with Crippen LogP contribution in [0.3, 0.4) is 0 Å². The molecule has 0 saturated carbocycles. The summed E-state index contributed by atoms with van der Waals surface area (Å²) in [5.41, 5.74) is 3.25. The lowest BCUT2D eigenvalue weighted by Crippen LogP contribution is -2.29. The average Bonchev–Trinajstić information content (AvgIpc) is 3.17. The van der Waals surface area contributed by atoms with E-state index >= 15 is 0 Å². The second-order valence-electron chi connectivity index (χ2n) is 7.32. The highest BCUT2D eigenvalue weighted by atomic mass is 35.5. The Labute approximate surface area is 194 Å². The van der Waals surface area contributed by atoms with E-state index in [9.17, 15) is 15.0 Å². The van der Waals surface area contributed by atoms with Crippen molar-refractivity contribution in [3.05, 3.63) is 69.8 Å². The minimum atomic E-state index is -1.11. The smallest absolute Gasteiger partial charge is 0.345 e. The maximum Gasteiger partial charge on any atom is 0.345 e. The lowest BCUT2D eigenvalue weighted by Gasteiger charge is -2.16. The number of phenolic OH excluding ortho intramolecular Hbond substituents is 1. The normalized spacial score (nSPS) is 12.1. The lowest BCUT2D eigenvalue weighted by molar-refractivity contribution is -0.145. The first-order valence-electron chi connectivity index (χ1n) is 10.1. The van der Waals surface area contributed by atoms with E-state index in [4.69, 9.17) is 16.3 Å². The van der Waals surface area contributed by atoms with Gasteiger partial charge in [-0.1, -0.05) is 54.9 Å². The largest absolute Gasteiger partial charge is 0.506 e. The van der Waals surface area contributed by atoms with Crippen molar-refractivity contribution in [2.24, 2.45) is 0 Å². The zero-order valence-corrected chi connectivity index (χ0v) is 19.1. The zero-order chi connectivity index (χ0) is 22.8. The molecule has 0 spiro atoms. The fourth-order valence-electron chi connectivity index (χ4n) is 3.66. The summed E-state index contributed by atoms with van der Waals surface area (Å²) >= 11 is 7.82. The van der Waals surface area contributed by atoms with Gasteiger partial charge >= 0.3 is 5.97 Å². The second kappa shape index (κ2) is 9.14. The summed E-state index contributed by atoms with van der Waals surface area (Å²) < 4.78 is 5.98. The van der Waals surface area contributed by atoms with Gasteiger partial charge in [-0.05, 0) is 36.1 Å². The Bertz CT molecular complexity index is 1290. The molecule has 2 N–H and O–H groups in total. The van der Waals surface area contributed by atoms with E-state index in [1.54, 1.807) is 12.1 Å². The zero-order valence-electron chi connectivity index (χ0n) is 17.5. The van der Waals surface area contributed by atoms with E-state index in [0.717, 1.165) is 33.6 Å². The molecule has 0 aliphatic heterocycles. The number of phenols is 1. The van der Waals surface area contributed by atoms with Gasteiger partial charge in [0.2, 0.25) is 12.0 Å². The van der Waals surface area contributed by atoms with Crippen LogP contribution in [0.2, 0.25) is 5.02 Å².